The van der Waals surface area contributed by atoms with Crippen molar-refractivity contribution in [2.45, 2.75) is 51.9 Å². The predicted octanol–water partition coefficient (Wildman–Crippen LogP) is 4.11. The molecule has 0 radical (unpaired) electrons. The molecule has 2 nitrogen and oxygen atoms in total. The van der Waals surface area contributed by atoms with Crippen LogP contribution in [0.15, 0.2) is 24.3 Å². The van der Waals surface area contributed by atoms with Crippen LogP contribution in [0.5, 0.6) is 0 Å². The minimum Gasteiger partial charge on any atom is -0.311 e. The minimum atomic E-state index is -0.130. The molecule has 0 spiro atoms. The first-order valence-electron chi connectivity index (χ1n) is 7.53. The number of hydrogen-bond donors (Lipinski definition) is 0. The van der Waals surface area contributed by atoms with Gasteiger partial charge in [-0.2, -0.15) is 0 Å². The standard InChI is InChI=1S/C17H23NO/c1-13-12-18(15-9-5-4-8-14(13)15)16(19)17(2)10-6-3-7-11-17/h4-5,8-9,13H,3,6-7,10-12H2,1-2H3/t13-/m0/s1. The SMILES string of the molecule is C[C@H]1CN(C(=O)C2(C)CCCCC2)c2ccccc21. The molecule has 1 aliphatic carbocycles. The Balaban J connectivity index is 1.89. The van der Waals surface area contributed by atoms with Gasteiger partial charge < -0.3 is 4.90 Å². The van der Waals surface area contributed by atoms with Crippen molar-refractivity contribution >= 4 is 11.6 Å². The van der Waals surface area contributed by atoms with Crippen LogP contribution in [0.1, 0.15) is 57.4 Å². The van der Waals surface area contributed by atoms with E-state index in [2.05, 4.69) is 32.0 Å². The molecule has 1 heterocycles. The molecule has 0 N–H and O–H groups in total. The molecule has 0 unspecified atom stereocenters. The van der Waals surface area contributed by atoms with Crippen LogP contribution in [0.4, 0.5) is 5.69 Å². The summed E-state index contributed by atoms with van der Waals surface area (Å²) in [4.78, 5) is 15.0. The van der Waals surface area contributed by atoms with Crippen LogP contribution < -0.4 is 4.90 Å². The molecule has 3 rings (SSSR count). The zero-order chi connectivity index (χ0) is 13.5. The second kappa shape index (κ2) is 4.66. The lowest BCUT2D eigenvalue weighted by atomic mass is 9.74. The topological polar surface area (TPSA) is 20.3 Å². The largest absolute Gasteiger partial charge is 0.311 e. The number of rotatable bonds is 1. The van der Waals surface area contributed by atoms with E-state index in [0.717, 1.165) is 25.1 Å². The highest BCUT2D eigenvalue weighted by molar-refractivity contribution is 5.99. The zero-order valence-electron chi connectivity index (χ0n) is 12.0. The molecule has 1 aromatic rings. The van der Waals surface area contributed by atoms with E-state index in [1.165, 1.54) is 24.8 Å². The number of nitrogens with zero attached hydrogens (tertiary/aromatic N) is 1. The first-order chi connectivity index (χ1) is 9.12. The number of anilines is 1. The van der Waals surface area contributed by atoms with Crippen molar-refractivity contribution in [1.29, 1.82) is 0 Å². The Morgan fingerprint density at radius 2 is 1.89 bits per heavy atom. The van der Waals surface area contributed by atoms with E-state index in [1.807, 2.05) is 11.0 Å². The van der Waals surface area contributed by atoms with Crippen LogP contribution in [-0.4, -0.2) is 12.5 Å². The lowest BCUT2D eigenvalue weighted by Gasteiger charge is -2.36. The lowest BCUT2D eigenvalue weighted by molar-refractivity contribution is -0.129. The van der Waals surface area contributed by atoms with Gasteiger partial charge in [0.25, 0.3) is 0 Å². The molecule has 2 heteroatoms. The van der Waals surface area contributed by atoms with Gasteiger partial charge in [0, 0.05) is 23.6 Å². The molecule has 1 aliphatic heterocycles. The Morgan fingerprint density at radius 3 is 2.63 bits per heavy atom. The van der Waals surface area contributed by atoms with E-state index in [4.69, 9.17) is 0 Å². The highest BCUT2D eigenvalue weighted by Crippen LogP contribution is 2.42. The number of carbonyl (C=O) groups excluding carboxylic acids is 1. The van der Waals surface area contributed by atoms with E-state index in [9.17, 15) is 4.79 Å². The van der Waals surface area contributed by atoms with Gasteiger partial charge in [-0.3, -0.25) is 4.79 Å². The monoisotopic (exact) mass is 257 g/mol. The summed E-state index contributed by atoms with van der Waals surface area (Å²) in [5.41, 5.74) is 2.34. The number of para-hydroxylation sites is 1. The molecule has 0 saturated heterocycles. The van der Waals surface area contributed by atoms with Crippen LogP contribution in [-0.2, 0) is 4.79 Å². The highest BCUT2D eigenvalue weighted by Gasteiger charge is 2.41. The number of hydrogen-bond acceptors (Lipinski definition) is 1. The third kappa shape index (κ3) is 2.07. The molecule has 102 valence electrons. The number of benzene rings is 1. The summed E-state index contributed by atoms with van der Waals surface area (Å²) < 4.78 is 0. The maximum atomic E-state index is 13.0. The van der Waals surface area contributed by atoms with Crippen molar-refractivity contribution in [3.8, 4) is 0 Å². The molecule has 1 aromatic carbocycles. The predicted molar refractivity (Wildman–Crippen MR) is 78.4 cm³/mol. The van der Waals surface area contributed by atoms with Crippen molar-refractivity contribution < 1.29 is 4.79 Å². The summed E-state index contributed by atoms with van der Waals surface area (Å²) in [7, 11) is 0. The van der Waals surface area contributed by atoms with E-state index in [0.29, 0.717) is 11.8 Å². The van der Waals surface area contributed by atoms with Gasteiger partial charge in [0.05, 0.1) is 0 Å². The van der Waals surface area contributed by atoms with Crippen LogP contribution in [0.2, 0.25) is 0 Å². The van der Waals surface area contributed by atoms with Gasteiger partial charge in [-0.1, -0.05) is 51.3 Å². The lowest BCUT2D eigenvalue weighted by Crippen LogP contribution is -2.43. The normalized spacial score (nSPS) is 25.2. The fraction of sp³-hybridized carbons (Fsp3) is 0.588. The van der Waals surface area contributed by atoms with Crippen molar-refractivity contribution in [2.75, 3.05) is 11.4 Å². The van der Waals surface area contributed by atoms with Gasteiger partial charge in [-0.05, 0) is 24.5 Å². The summed E-state index contributed by atoms with van der Waals surface area (Å²) in [6.45, 7) is 5.24. The molecule has 1 fully saturated rings. The molecular formula is C17H23NO. The summed E-state index contributed by atoms with van der Waals surface area (Å²) in [5, 5.41) is 0. The van der Waals surface area contributed by atoms with E-state index in [-0.39, 0.29) is 5.41 Å². The summed E-state index contributed by atoms with van der Waals surface area (Å²) in [6, 6.07) is 8.38. The van der Waals surface area contributed by atoms with Crippen LogP contribution in [0, 0.1) is 5.41 Å². The van der Waals surface area contributed by atoms with Gasteiger partial charge in [-0.25, -0.2) is 0 Å². The average Bonchev–Trinajstić information content (AvgIpc) is 2.77. The third-order valence-electron chi connectivity index (χ3n) is 4.93. The molecule has 0 bridgehead atoms. The maximum absolute atomic E-state index is 13.0. The Morgan fingerprint density at radius 1 is 1.21 bits per heavy atom. The second-order valence-corrected chi connectivity index (χ2v) is 6.50. The highest BCUT2D eigenvalue weighted by atomic mass is 16.2. The molecule has 2 aliphatic rings. The average molecular weight is 257 g/mol. The first kappa shape index (κ1) is 12.7. The van der Waals surface area contributed by atoms with Gasteiger partial charge in [0.15, 0.2) is 0 Å². The Hall–Kier alpha value is -1.31. The third-order valence-corrected chi connectivity index (χ3v) is 4.93. The maximum Gasteiger partial charge on any atom is 0.232 e. The van der Waals surface area contributed by atoms with Crippen LogP contribution in [0.25, 0.3) is 0 Å². The van der Waals surface area contributed by atoms with Gasteiger partial charge in [0.1, 0.15) is 0 Å². The van der Waals surface area contributed by atoms with E-state index >= 15 is 0 Å². The summed E-state index contributed by atoms with van der Waals surface area (Å²) in [5.74, 6) is 0.816. The number of fused-ring (bicyclic) bond motifs is 1. The fourth-order valence-electron chi connectivity index (χ4n) is 3.68. The van der Waals surface area contributed by atoms with Crippen molar-refractivity contribution in [3.63, 3.8) is 0 Å². The van der Waals surface area contributed by atoms with Crippen molar-refractivity contribution in [1.82, 2.24) is 0 Å². The van der Waals surface area contributed by atoms with E-state index in [1.54, 1.807) is 0 Å². The van der Waals surface area contributed by atoms with Crippen molar-refractivity contribution in [3.05, 3.63) is 29.8 Å². The van der Waals surface area contributed by atoms with Crippen LogP contribution in [0.3, 0.4) is 0 Å². The second-order valence-electron chi connectivity index (χ2n) is 6.50. The molecular weight excluding hydrogens is 234 g/mol. The zero-order valence-corrected chi connectivity index (χ0v) is 12.0. The Labute approximate surface area is 115 Å². The molecule has 1 saturated carbocycles. The molecule has 1 atom stereocenters. The van der Waals surface area contributed by atoms with Gasteiger partial charge in [-0.15, -0.1) is 0 Å². The number of carbonyl (C=O) groups is 1. The van der Waals surface area contributed by atoms with Crippen LogP contribution >= 0.6 is 0 Å². The first-order valence-corrected chi connectivity index (χ1v) is 7.53. The van der Waals surface area contributed by atoms with Gasteiger partial charge >= 0.3 is 0 Å². The summed E-state index contributed by atoms with van der Waals surface area (Å²) >= 11 is 0. The quantitative estimate of drug-likeness (QED) is 0.741. The Bertz CT molecular complexity index is 488. The number of amides is 1. The Kier molecular flexibility index (Phi) is 3.12. The summed E-state index contributed by atoms with van der Waals surface area (Å²) in [6.07, 6.45) is 5.80. The van der Waals surface area contributed by atoms with Gasteiger partial charge in [0.2, 0.25) is 5.91 Å². The smallest absolute Gasteiger partial charge is 0.232 e. The molecule has 19 heavy (non-hydrogen) atoms. The molecule has 1 amide bonds. The fourth-order valence-corrected chi connectivity index (χ4v) is 3.68. The minimum absolute atomic E-state index is 0.130. The molecule has 0 aromatic heterocycles. The van der Waals surface area contributed by atoms with E-state index < -0.39 is 0 Å². The van der Waals surface area contributed by atoms with Crippen molar-refractivity contribution in [2.24, 2.45) is 5.41 Å².